The van der Waals surface area contributed by atoms with Crippen molar-refractivity contribution in [2.75, 3.05) is 26.2 Å². The standard InChI is InChI=1S/C17H21ClN4O2/c1-12-9-13(18)3-4-15(12)24-11-16(23)22-8-5-19-10-14(22)17-20-6-7-21(17)2/h3-4,6-7,9,14,19H,5,8,10-11H2,1-2H3. The number of ether oxygens (including phenoxy) is 1. The lowest BCUT2D eigenvalue weighted by Gasteiger charge is -2.35. The quantitative estimate of drug-likeness (QED) is 0.917. The number of hydrogen-bond acceptors (Lipinski definition) is 4. The molecule has 7 heteroatoms. The van der Waals surface area contributed by atoms with Crippen LogP contribution in [0.3, 0.4) is 0 Å². The molecule has 128 valence electrons. The Morgan fingerprint density at radius 3 is 3.04 bits per heavy atom. The molecule has 1 aromatic carbocycles. The zero-order valence-corrected chi connectivity index (χ0v) is 14.6. The lowest BCUT2D eigenvalue weighted by Crippen LogP contribution is -2.50. The highest BCUT2D eigenvalue weighted by Gasteiger charge is 2.30. The maximum Gasteiger partial charge on any atom is 0.261 e. The minimum atomic E-state index is -0.0823. The number of aryl methyl sites for hydroxylation is 2. The van der Waals surface area contributed by atoms with E-state index in [1.165, 1.54) is 0 Å². The molecule has 0 radical (unpaired) electrons. The van der Waals surface area contributed by atoms with Crippen molar-refractivity contribution < 1.29 is 9.53 Å². The zero-order chi connectivity index (χ0) is 17.1. The summed E-state index contributed by atoms with van der Waals surface area (Å²) in [5.74, 6) is 1.51. The highest BCUT2D eigenvalue weighted by atomic mass is 35.5. The van der Waals surface area contributed by atoms with Crippen molar-refractivity contribution in [2.45, 2.75) is 13.0 Å². The number of carbonyl (C=O) groups is 1. The Morgan fingerprint density at radius 1 is 1.50 bits per heavy atom. The first-order valence-electron chi connectivity index (χ1n) is 7.92. The molecule has 6 nitrogen and oxygen atoms in total. The van der Waals surface area contributed by atoms with Crippen molar-refractivity contribution in [1.82, 2.24) is 19.8 Å². The number of nitrogens with one attached hydrogen (secondary N) is 1. The van der Waals surface area contributed by atoms with Gasteiger partial charge in [-0.1, -0.05) is 11.6 Å². The molecule has 0 saturated carbocycles. The molecule has 1 amide bonds. The number of benzene rings is 1. The molecule has 1 N–H and O–H groups in total. The fraction of sp³-hybridized carbons (Fsp3) is 0.412. The third-order valence-corrected chi connectivity index (χ3v) is 4.44. The third-order valence-electron chi connectivity index (χ3n) is 4.21. The Balaban J connectivity index is 1.69. The Morgan fingerprint density at radius 2 is 2.33 bits per heavy atom. The zero-order valence-electron chi connectivity index (χ0n) is 13.8. The van der Waals surface area contributed by atoms with Gasteiger partial charge in [-0.2, -0.15) is 0 Å². The second-order valence-electron chi connectivity index (χ2n) is 5.90. The summed E-state index contributed by atoms with van der Waals surface area (Å²) in [5.41, 5.74) is 0.913. The van der Waals surface area contributed by atoms with E-state index in [1.807, 2.05) is 35.7 Å². The van der Waals surface area contributed by atoms with E-state index in [0.29, 0.717) is 23.9 Å². The van der Waals surface area contributed by atoms with Crippen LogP contribution in [0.5, 0.6) is 5.75 Å². The van der Waals surface area contributed by atoms with Gasteiger partial charge in [0.25, 0.3) is 5.91 Å². The van der Waals surface area contributed by atoms with Crippen molar-refractivity contribution in [3.8, 4) is 5.75 Å². The number of amides is 1. The van der Waals surface area contributed by atoms with Gasteiger partial charge in [0.05, 0.1) is 0 Å². The molecule has 3 rings (SSSR count). The van der Waals surface area contributed by atoms with Crippen molar-refractivity contribution >= 4 is 17.5 Å². The molecule has 1 saturated heterocycles. The number of rotatable bonds is 4. The molecular formula is C17H21ClN4O2. The Kier molecular flexibility index (Phi) is 5.06. The molecular weight excluding hydrogens is 328 g/mol. The molecule has 0 bridgehead atoms. The van der Waals surface area contributed by atoms with Crippen molar-refractivity contribution in [1.29, 1.82) is 0 Å². The SMILES string of the molecule is Cc1cc(Cl)ccc1OCC(=O)N1CCNCC1c1nccn1C. The minimum absolute atomic E-state index is 0.00337. The van der Waals surface area contributed by atoms with Crippen LogP contribution in [0, 0.1) is 6.92 Å². The fourth-order valence-corrected chi connectivity index (χ4v) is 3.16. The first-order chi connectivity index (χ1) is 11.6. The molecule has 1 unspecified atom stereocenters. The van der Waals surface area contributed by atoms with Crippen LogP contribution >= 0.6 is 11.6 Å². The minimum Gasteiger partial charge on any atom is -0.483 e. The number of nitrogens with zero attached hydrogens (tertiary/aromatic N) is 3. The highest BCUT2D eigenvalue weighted by Crippen LogP contribution is 2.23. The Bertz CT molecular complexity index is 731. The van der Waals surface area contributed by atoms with E-state index < -0.39 is 0 Å². The van der Waals surface area contributed by atoms with Crippen LogP contribution in [0.25, 0.3) is 0 Å². The van der Waals surface area contributed by atoms with E-state index in [4.69, 9.17) is 16.3 Å². The number of carbonyl (C=O) groups excluding carboxylic acids is 1. The summed E-state index contributed by atoms with van der Waals surface area (Å²) in [7, 11) is 1.94. The van der Waals surface area contributed by atoms with Gasteiger partial charge < -0.3 is 19.5 Å². The van der Waals surface area contributed by atoms with Gasteiger partial charge in [0.1, 0.15) is 17.6 Å². The van der Waals surface area contributed by atoms with Gasteiger partial charge in [0.2, 0.25) is 0 Å². The first-order valence-corrected chi connectivity index (χ1v) is 8.30. The molecule has 1 atom stereocenters. The van der Waals surface area contributed by atoms with Gasteiger partial charge in [-0.3, -0.25) is 4.79 Å². The van der Waals surface area contributed by atoms with Crippen LogP contribution in [0.1, 0.15) is 17.4 Å². The summed E-state index contributed by atoms with van der Waals surface area (Å²) in [6, 6.07) is 5.29. The monoisotopic (exact) mass is 348 g/mol. The van der Waals surface area contributed by atoms with E-state index in [0.717, 1.165) is 17.9 Å². The van der Waals surface area contributed by atoms with Crippen molar-refractivity contribution in [2.24, 2.45) is 7.05 Å². The molecule has 1 aliphatic heterocycles. The van der Waals surface area contributed by atoms with E-state index in [2.05, 4.69) is 10.3 Å². The van der Waals surface area contributed by atoms with Gasteiger partial charge >= 0.3 is 0 Å². The van der Waals surface area contributed by atoms with E-state index in [9.17, 15) is 4.79 Å². The van der Waals surface area contributed by atoms with Crippen LogP contribution in [0.4, 0.5) is 0 Å². The van der Waals surface area contributed by atoms with Gasteiger partial charge in [-0.25, -0.2) is 4.98 Å². The van der Waals surface area contributed by atoms with Gasteiger partial charge in [-0.05, 0) is 30.7 Å². The second kappa shape index (κ2) is 7.23. The van der Waals surface area contributed by atoms with Crippen LogP contribution < -0.4 is 10.1 Å². The lowest BCUT2D eigenvalue weighted by molar-refractivity contribution is -0.137. The lowest BCUT2D eigenvalue weighted by atomic mass is 10.1. The number of piperazine rings is 1. The Labute approximate surface area is 146 Å². The van der Waals surface area contributed by atoms with Crippen LogP contribution in [-0.4, -0.2) is 46.6 Å². The van der Waals surface area contributed by atoms with Crippen LogP contribution in [0.15, 0.2) is 30.6 Å². The Hall–Kier alpha value is -2.05. The molecule has 2 heterocycles. The molecule has 1 fully saturated rings. The smallest absolute Gasteiger partial charge is 0.261 e. The number of halogens is 1. The molecule has 0 spiro atoms. The average Bonchev–Trinajstić information content (AvgIpc) is 2.99. The number of hydrogen-bond donors (Lipinski definition) is 1. The van der Waals surface area contributed by atoms with E-state index in [-0.39, 0.29) is 18.6 Å². The normalized spacial score (nSPS) is 17.8. The highest BCUT2D eigenvalue weighted by molar-refractivity contribution is 6.30. The summed E-state index contributed by atoms with van der Waals surface area (Å²) in [6.45, 7) is 4.01. The van der Waals surface area contributed by atoms with Crippen LogP contribution in [0.2, 0.25) is 5.02 Å². The predicted molar refractivity (Wildman–Crippen MR) is 92.2 cm³/mol. The van der Waals surface area contributed by atoms with Gasteiger partial charge in [-0.15, -0.1) is 0 Å². The topological polar surface area (TPSA) is 59.4 Å². The van der Waals surface area contributed by atoms with Crippen molar-refractivity contribution in [3.05, 3.63) is 47.0 Å². The summed E-state index contributed by atoms with van der Waals surface area (Å²) < 4.78 is 7.65. The van der Waals surface area contributed by atoms with Gasteiger partial charge in [0.15, 0.2) is 6.61 Å². The summed E-state index contributed by atoms with van der Waals surface area (Å²) in [6.07, 6.45) is 3.64. The summed E-state index contributed by atoms with van der Waals surface area (Å²) in [4.78, 5) is 18.9. The maximum atomic E-state index is 12.7. The number of aromatic nitrogens is 2. The molecule has 24 heavy (non-hydrogen) atoms. The average molecular weight is 349 g/mol. The van der Waals surface area contributed by atoms with Gasteiger partial charge in [0, 0.05) is 44.1 Å². The predicted octanol–water partition coefficient (Wildman–Crippen LogP) is 1.93. The summed E-state index contributed by atoms with van der Waals surface area (Å²) >= 11 is 5.95. The van der Waals surface area contributed by atoms with Crippen molar-refractivity contribution in [3.63, 3.8) is 0 Å². The second-order valence-corrected chi connectivity index (χ2v) is 6.34. The molecule has 1 aliphatic rings. The van der Waals surface area contributed by atoms with E-state index >= 15 is 0 Å². The molecule has 2 aromatic rings. The molecule has 0 aliphatic carbocycles. The maximum absolute atomic E-state index is 12.7. The number of imidazole rings is 1. The largest absolute Gasteiger partial charge is 0.483 e. The summed E-state index contributed by atoms with van der Waals surface area (Å²) in [5, 5.41) is 3.98. The van der Waals surface area contributed by atoms with E-state index in [1.54, 1.807) is 18.3 Å². The fourth-order valence-electron chi connectivity index (χ4n) is 2.93. The van der Waals surface area contributed by atoms with Crippen LogP contribution in [-0.2, 0) is 11.8 Å². The third kappa shape index (κ3) is 3.55. The first kappa shape index (κ1) is 16.8. The molecule has 1 aromatic heterocycles.